The van der Waals surface area contributed by atoms with Crippen LogP contribution in [0.15, 0.2) is 62.3 Å². The van der Waals surface area contributed by atoms with Crippen LogP contribution in [-0.4, -0.2) is 20.2 Å². The predicted molar refractivity (Wildman–Crippen MR) is 139 cm³/mol. The Morgan fingerprint density at radius 3 is 2.59 bits per heavy atom. The second kappa shape index (κ2) is 9.45. The van der Waals surface area contributed by atoms with Crippen molar-refractivity contribution in [3.63, 3.8) is 0 Å². The Bertz CT molecular complexity index is 1680. The number of nitrogens with two attached hydrogens (primary N) is 1. The Morgan fingerprint density at radius 1 is 1.05 bits per heavy atom. The summed E-state index contributed by atoms with van der Waals surface area (Å²) >= 11 is 0. The van der Waals surface area contributed by atoms with Crippen molar-refractivity contribution >= 4 is 22.7 Å². The van der Waals surface area contributed by atoms with E-state index in [1.807, 2.05) is 26.0 Å². The van der Waals surface area contributed by atoms with Gasteiger partial charge in [-0.3, -0.25) is 4.79 Å². The molecular formula is C27H25FN6O3. The highest BCUT2D eigenvalue weighted by Crippen LogP contribution is 2.34. The highest BCUT2D eigenvalue weighted by atomic mass is 19.1. The van der Waals surface area contributed by atoms with E-state index in [0.717, 1.165) is 11.1 Å². The number of alkyl halides is 1. The van der Waals surface area contributed by atoms with Crippen molar-refractivity contribution in [3.05, 3.63) is 81.3 Å². The highest BCUT2D eigenvalue weighted by Gasteiger charge is 2.21. The van der Waals surface area contributed by atoms with Gasteiger partial charge in [0, 0.05) is 17.3 Å². The van der Waals surface area contributed by atoms with Gasteiger partial charge in [-0.15, -0.1) is 5.10 Å². The molecule has 4 heterocycles. The van der Waals surface area contributed by atoms with E-state index in [4.69, 9.17) is 14.6 Å². The number of anilines is 2. The summed E-state index contributed by atoms with van der Waals surface area (Å²) in [5.41, 5.74) is 9.65. The van der Waals surface area contributed by atoms with Crippen molar-refractivity contribution < 1.29 is 13.2 Å². The first-order valence-electron chi connectivity index (χ1n) is 11.7. The topological polar surface area (TPSA) is 133 Å². The van der Waals surface area contributed by atoms with Gasteiger partial charge in [-0.05, 0) is 63.6 Å². The lowest BCUT2D eigenvalue weighted by atomic mass is 9.99. The molecule has 37 heavy (non-hydrogen) atoms. The molecular weight excluding hydrogens is 475 g/mol. The zero-order valence-corrected chi connectivity index (χ0v) is 20.7. The SMILES string of the molecule is Cc1cc([C@@H](C)Nc2cccnc2-c2nnc(N)o2)c2oc(-c3cccc(C(C)F)n3)c(C)c(=O)c2c1. The fourth-order valence-electron chi connectivity index (χ4n) is 4.27. The molecule has 0 aliphatic rings. The third kappa shape index (κ3) is 4.53. The van der Waals surface area contributed by atoms with E-state index in [0.29, 0.717) is 39.4 Å². The summed E-state index contributed by atoms with van der Waals surface area (Å²) in [5, 5.41) is 11.5. The number of fused-ring (bicyclic) bond motifs is 1. The lowest BCUT2D eigenvalue weighted by Gasteiger charge is -2.19. The second-order valence-corrected chi connectivity index (χ2v) is 8.89. The molecule has 3 N–H and O–H groups in total. The molecule has 0 spiro atoms. The maximum atomic E-state index is 14.0. The quantitative estimate of drug-likeness (QED) is 0.301. The van der Waals surface area contributed by atoms with Gasteiger partial charge in [-0.1, -0.05) is 17.2 Å². The molecule has 9 nitrogen and oxygen atoms in total. The molecule has 4 aromatic heterocycles. The van der Waals surface area contributed by atoms with Crippen molar-refractivity contribution in [1.82, 2.24) is 20.2 Å². The van der Waals surface area contributed by atoms with Gasteiger partial charge in [-0.2, -0.15) is 0 Å². The van der Waals surface area contributed by atoms with E-state index in [2.05, 4.69) is 25.5 Å². The van der Waals surface area contributed by atoms with Crippen LogP contribution in [0, 0.1) is 13.8 Å². The zero-order valence-electron chi connectivity index (χ0n) is 20.7. The smallest absolute Gasteiger partial charge is 0.313 e. The number of aromatic nitrogens is 4. The molecule has 0 aliphatic heterocycles. The van der Waals surface area contributed by atoms with Gasteiger partial charge in [0.2, 0.25) is 0 Å². The number of aryl methyl sites for hydroxylation is 1. The molecule has 5 rings (SSSR count). The number of nitrogens with one attached hydrogen (secondary N) is 1. The number of hydrogen-bond acceptors (Lipinski definition) is 9. The average molecular weight is 501 g/mol. The molecule has 0 radical (unpaired) electrons. The van der Waals surface area contributed by atoms with E-state index >= 15 is 0 Å². The maximum absolute atomic E-state index is 14.0. The minimum atomic E-state index is -1.25. The zero-order chi connectivity index (χ0) is 26.3. The summed E-state index contributed by atoms with van der Waals surface area (Å²) in [6.45, 7) is 6.97. The molecule has 10 heteroatoms. The third-order valence-electron chi connectivity index (χ3n) is 6.09. The van der Waals surface area contributed by atoms with Crippen LogP contribution in [0.1, 0.15) is 48.4 Å². The Labute approximate surface area is 211 Å². The van der Waals surface area contributed by atoms with Crippen molar-refractivity contribution in [3.8, 4) is 23.0 Å². The number of halogens is 1. The van der Waals surface area contributed by atoms with Crippen molar-refractivity contribution in [1.29, 1.82) is 0 Å². The molecule has 1 aromatic carbocycles. The Balaban J connectivity index is 1.63. The number of hydrogen-bond donors (Lipinski definition) is 2. The molecule has 0 aliphatic carbocycles. The standard InChI is InChI=1S/C27H25FN6O3/c1-13-11-17(16(4)31-20-9-6-10-30-22(20)26-33-34-27(29)37-26)25-18(12-13)23(35)14(2)24(36-25)21-8-5-7-19(32-21)15(3)28/h5-12,15-16,31H,1-4H3,(H2,29,34)/t15?,16-/m1/s1. The molecule has 2 atom stereocenters. The van der Waals surface area contributed by atoms with Gasteiger partial charge < -0.3 is 19.9 Å². The van der Waals surface area contributed by atoms with Crippen LogP contribution in [0.3, 0.4) is 0 Å². The van der Waals surface area contributed by atoms with Crippen LogP contribution in [0.25, 0.3) is 34.0 Å². The number of rotatable bonds is 6. The van der Waals surface area contributed by atoms with Crippen molar-refractivity contribution in [2.24, 2.45) is 0 Å². The van der Waals surface area contributed by atoms with Crippen LogP contribution in [0.4, 0.5) is 16.1 Å². The van der Waals surface area contributed by atoms with E-state index in [1.54, 1.807) is 43.5 Å². The minimum absolute atomic E-state index is 0.0613. The largest absolute Gasteiger partial charge is 0.454 e. The van der Waals surface area contributed by atoms with E-state index in [9.17, 15) is 9.18 Å². The van der Waals surface area contributed by atoms with E-state index < -0.39 is 6.17 Å². The van der Waals surface area contributed by atoms with Crippen LogP contribution in [-0.2, 0) is 0 Å². The lowest BCUT2D eigenvalue weighted by molar-refractivity contribution is 0.366. The van der Waals surface area contributed by atoms with E-state index in [-0.39, 0.29) is 29.1 Å². The van der Waals surface area contributed by atoms with Crippen LogP contribution < -0.4 is 16.5 Å². The number of benzene rings is 1. The molecule has 0 saturated carbocycles. The number of nitrogens with zero attached hydrogens (tertiary/aromatic N) is 4. The first-order valence-corrected chi connectivity index (χ1v) is 11.7. The summed E-state index contributed by atoms with van der Waals surface area (Å²) in [6.07, 6.45) is 0.360. The van der Waals surface area contributed by atoms with Gasteiger partial charge >= 0.3 is 6.01 Å². The van der Waals surface area contributed by atoms with Crippen LogP contribution in [0.5, 0.6) is 0 Å². The molecule has 0 bridgehead atoms. The lowest BCUT2D eigenvalue weighted by Crippen LogP contribution is -2.13. The van der Waals surface area contributed by atoms with Crippen LogP contribution >= 0.6 is 0 Å². The average Bonchev–Trinajstić information content (AvgIpc) is 3.32. The molecule has 0 saturated heterocycles. The van der Waals surface area contributed by atoms with Gasteiger partial charge in [0.05, 0.1) is 22.8 Å². The Hall–Kier alpha value is -4.60. The third-order valence-corrected chi connectivity index (χ3v) is 6.09. The molecule has 5 aromatic rings. The Morgan fingerprint density at radius 2 is 1.86 bits per heavy atom. The van der Waals surface area contributed by atoms with Crippen LogP contribution in [0.2, 0.25) is 0 Å². The van der Waals surface area contributed by atoms with Gasteiger partial charge in [0.25, 0.3) is 5.89 Å². The first-order chi connectivity index (χ1) is 17.7. The summed E-state index contributed by atoms with van der Waals surface area (Å²) in [7, 11) is 0. The van der Waals surface area contributed by atoms with Crippen molar-refractivity contribution in [2.45, 2.75) is 39.9 Å². The van der Waals surface area contributed by atoms with Crippen molar-refractivity contribution in [2.75, 3.05) is 11.1 Å². The molecule has 0 fully saturated rings. The summed E-state index contributed by atoms with van der Waals surface area (Å²) in [4.78, 5) is 22.2. The van der Waals surface area contributed by atoms with E-state index in [1.165, 1.54) is 6.92 Å². The van der Waals surface area contributed by atoms with Gasteiger partial charge in [0.15, 0.2) is 16.9 Å². The molecule has 188 valence electrons. The first kappa shape index (κ1) is 24.1. The summed E-state index contributed by atoms with van der Waals surface area (Å²) in [5.74, 6) is 0.486. The second-order valence-electron chi connectivity index (χ2n) is 8.89. The fourth-order valence-corrected chi connectivity index (χ4v) is 4.27. The fraction of sp³-hybridized carbons (Fsp3) is 0.222. The molecule has 1 unspecified atom stereocenters. The summed E-state index contributed by atoms with van der Waals surface area (Å²) in [6, 6.07) is 12.0. The predicted octanol–water partition coefficient (Wildman–Crippen LogP) is 5.70. The monoisotopic (exact) mass is 500 g/mol. The Kier molecular flexibility index (Phi) is 6.16. The highest BCUT2D eigenvalue weighted by molar-refractivity contribution is 5.84. The summed E-state index contributed by atoms with van der Waals surface area (Å²) < 4.78 is 25.7. The number of pyridine rings is 2. The maximum Gasteiger partial charge on any atom is 0.313 e. The molecule has 0 amide bonds. The minimum Gasteiger partial charge on any atom is -0.454 e. The number of nitrogen functional groups attached to an aromatic ring is 1. The normalized spacial score (nSPS) is 13.0. The van der Waals surface area contributed by atoms with Gasteiger partial charge in [-0.25, -0.2) is 14.4 Å². The van der Waals surface area contributed by atoms with Gasteiger partial charge in [0.1, 0.15) is 17.4 Å².